The first-order chi connectivity index (χ1) is 6.06. The van der Waals surface area contributed by atoms with Gasteiger partial charge in [0.15, 0.2) is 0 Å². The molecule has 0 radical (unpaired) electrons. The lowest BCUT2D eigenvalue weighted by Gasteiger charge is -2.09. The summed E-state index contributed by atoms with van der Waals surface area (Å²) in [5.74, 6) is 0.370. The van der Waals surface area contributed by atoms with E-state index in [1.807, 2.05) is 20.8 Å². The van der Waals surface area contributed by atoms with Crippen molar-refractivity contribution in [3.8, 4) is 0 Å². The highest BCUT2D eigenvalue weighted by Crippen LogP contribution is 2.22. The van der Waals surface area contributed by atoms with E-state index in [1.54, 1.807) is 6.08 Å². The van der Waals surface area contributed by atoms with Crippen LogP contribution in [-0.4, -0.2) is 5.11 Å². The highest BCUT2D eigenvalue weighted by molar-refractivity contribution is 5.65. The standard InChI is InChI=1S/C12H16O/c1-5-11(13)12-9(3)6-8(2)7-10(12)4/h5-7,13H,1-4H3. The number of allylic oxidation sites excluding steroid dienone is 1. The Hall–Kier alpha value is -1.24. The number of hydrogen-bond donors (Lipinski definition) is 1. The topological polar surface area (TPSA) is 20.2 Å². The smallest absolute Gasteiger partial charge is 0.119 e. The molecule has 0 bridgehead atoms. The van der Waals surface area contributed by atoms with Gasteiger partial charge in [0.05, 0.1) is 0 Å². The molecule has 0 saturated carbocycles. The summed E-state index contributed by atoms with van der Waals surface area (Å²) < 4.78 is 0. The van der Waals surface area contributed by atoms with E-state index >= 15 is 0 Å². The summed E-state index contributed by atoms with van der Waals surface area (Å²) in [5.41, 5.74) is 4.47. The number of rotatable bonds is 1. The Balaban J connectivity index is 3.37. The third-order valence-corrected chi connectivity index (χ3v) is 2.21. The quantitative estimate of drug-likeness (QED) is 0.649. The number of aryl methyl sites for hydroxylation is 3. The summed E-state index contributed by atoms with van der Waals surface area (Å²) in [6, 6.07) is 4.17. The van der Waals surface area contributed by atoms with Crippen molar-refractivity contribution in [2.75, 3.05) is 0 Å². The monoisotopic (exact) mass is 176 g/mol. The van der Waals surface area contributed by atoms with E-state index in [0.717, 1.165) is 16.7 Å². The number of benzene rings is 1. The molecule has 0 aliphatic heterocycles. The molecule has 0 aliphatic carbocycles. The van der Waals surface area contributed by atoms with Gasteiger partial charge in [0.1, 0.15) is 5.76 Å². The predicted octanol–water partition coefficient (Wildman–Crippen LogP) is 3.53. The molecular weight excluding hydrogens is 160 g/mol. The second kappa shape index (κ2) is 3.65. The summed E-state index contributed by atoms with van der Waals surface area (Å²) in [6.45, 7) is 7.95. The predicted molar refractivity (Wildman–Crippen MR) is 56.9 cm³/mol. The lowest BCUT2D eigenvalue weighted by atomic mass is 9.98. The minimum Gasteiger partial charge on any atom is -0.508 e. The van der Waals surface area contributed by atoms with Gasteiger partial charge in [-0.05, 0) is 44.9 Å². The van der Waals surface area contributed by atoms with Crippen molar-refractivity contribution >= 4 is 5.76 Å². The van der Waals surface area contributed by atoms with Gasteiger partial charge < -0.3 is 5.11 Å². The van der Waals surface area contributed by atoms with Gasteiger partial charge in [0.2, 0.25) is 0 Å². The van der Waals surface area contributed by atoms with Gasteiger partial charge in [0, 0.05) is 5.56 Å². The maximum Gasteiger partial charge on any atom is 0.119 e. The zero-order valence-corrected chi connectivity index (χ0v) is 8.68. The average Bonchev–Trinajstić information content (AvgIpc) is 2.02. The van der Waals surface area contributed by atoms with Gasteiger partial charge in [0.25, 0.3) is 0 Å². The van der Waals surface area contributed by atoms with Gasteiger partial charge in [-0.3, -0.25) is 0 Å². The average molecular weight is 176 g/mol. The Morgan fingerprint density at radius 1 is 1.15 bits per heavy atom. The SMILES string of the molecule is CC=C(O)c1c(C)cc(C)cc1C. The molecule has 0 spiro atoms. The summed E-state index contributed by atoms with van der Waals surface area (Å²) >= 11 is 0. The molecule has 0 amide bonds. The van der Waals surface area contributed by atoms with Crippen molar-refractivity contribution in [3.63, 3.8) is 0 Å². The van der Waals surface area contributed by atoms with E-state index in [1.165, 1.54) is 5.56 Å². The van der Waals surface area contributed by atoms with Crippen LogP contribution < -0.4 is 0 Å². The summed E-state index contributed by atoms with van der Waals surface area (Å²) in [7, 11) is 0. The van der Waals surface area contributed by atoms with Gasteiger partial charge in [-0.25, -0.2) is 0 Å². The molecule has 1 aromatic carbocycles. The minimum atomic E-state index is 0.370. The largest absolute Gasteiger partial charge is 0.508 e. The van der Waals surface area contributed by atoms with E-state index in [-0.39, 0.29) is 0 Å². The molecule has 1 N–H and O–H groups in total. The highest BCUT2D eigenvalue weighted by Gasteiger charge is 2.06. The molecule has 0 unspecified atom stereocenters. The van der Waals surface area contributed by atoms with Gasteiger partial charge in [-0.2, -0.15) is 0 Å². The maximum absolute atomic E-state index is 9.64. The van der Waals surface area contributed by atoms with Crippen molar-refractivity contribution in [2.45, 2.75) is 27.7 Å². The summed E-state index contributed by atoms with van der Waals surface area (Å²) in [6.07, 6.45) is 1.73. The third kappa shape index (κ3) is 1.92. The van der Waals surface area contributed by atoms with Crippen LogP contribution in [0.1, 0.15) is 29.2 Å². The fourth-order valence-electron chi connectivity index (χ4n) is 1.73. The lowest BCUT2D eigenvalue weighted by molar-refractivity contribution is 0.509. The second-order valence-corrected chi connectivity index (χ2v) is 3.45. The fourth-order valence-corrected chi connectivity index (χ4v) is 1.73. The molecule has 0 aromatic heterocycles. The molecule has 1 nitrogen and oxygen atoms in total. The van der Waals surface area contributed by atoms with Crippen LogP contribution in [-0.2, 0) is 0 Å². The first-order valence-electron chi connectivity index (χ1n) is 4.49. The van der Waals surface area contributed by atoms with Crippen LogP contribution in [0.2, 0.25) is 0 Å². The molecule has 1 heteroatoms. The minimum absolute atomic E-state index is 0.370. The van der Waals surface area contributed by atoms with E-state index in [9.17, 15) is 5.11 Å². The summed E-state index contributed by atoms with van der Waals surface area (Å²) in [5, 5.41) is 9.64. The first-order valence-corrected chi connectivity index (χ1v) is 4.49. The van der Waals surface area contributed by atoms with Crippen LogP contribution in [0.15, 0.2) is 18.2 Å². The molecule has 0 saturated heterocycles. The highest BCUT2D eigenvalue weighted by atomic mass is 16.3. The molecule has 0 heterocycles. The van der Waals surface area contributed by atoms with Gasteiger partial charge in [-0.1, -0.05) is 17.7 Å². The van der Waals surface area contributed by atoms with Gasteiger partial charge in [-0.15, -0.1) is 0 Å². The molecule has 70 valence electrons. The van der Waals surface area contributed by atoms with Gasteiger partial charge >= 0.3 is 0 Å². The van der Waals surface area contributed by atoms with Crippen molar-refractivity contribution in [2.24, 2.45) is 0 Å². The molecule has 1 rings (SSSR count). The number of aliphatic hydroxyl groups is 1. The van der Waals surface area contributed by atoms with Crippen LogP contribution in [0.25, 0.3) is 5.76 Å². The molecule has 0 atom stereocenters. The van der Waals surface area contributed by atoms with E-state index in [0.29, 0.717) is 5.76 Å². The Kier molecular flexibility index (Phi) is 2.76. The molecular formula is C12H16O. The second-order valence-electron chi connectivity index (χ2n) is 3.45. The number of aliphatic hydroxyl groups excluding tert-OH is 1. The van der Waals surface area contributed by atoms with E-state index in [4.69, 9.17) is 0 Å². The van der Waals surface area contributed by atoms with Crippen LogP contribution in [0.3, 0.4) is 0 Å². The maximum atomic E-state index is 9.64. The van der Waals surface area contributed by atoms with Crippen molar-refractivity contribution in [1.82, 2.24) is 0 Å². The molecule has 0 aliphatic rings. The van der Waals surface area contributed by atoms with Crippen LogP contribution in [0, 0.1) is 20.8 Å². The molecule has 0 fully saturated rings. The number of hydrogen-bond acceptors (Lipinski definition) is 1. The zero-order chi connectivity index (χ0) is 10.0. The Bertz CT molecular complexity index is 325. The normalized spacial score (nSPS) is 11.8. The van der Waals surface area contributed by atoms with Crippen LogP contribution >= 0.6 is 0 Å². The Labute approximate surface area is 79.7 Å². The molecule has 1 aromatic rings. The van der Waals surface area contributed by atoms with E-state index in [2.05, 4.69) is 19.1 Å². The summed E-state index contributed by atoms with van der Waals surface area (Å²) in [4.78, 5) is 0. The van der Waals surface area contributed by atoms with Crippen molar-refractivity contribution in [1.29, 1.82) is 0 Å². The van der Waals surface area contributed by atoms with E-state index < -0.39 is 0 Å². The first kappa shape index (κ1) is 9.85. The lowest BCUT2D eigenvalue weighted by Crippen LogP contribution is -1.93. The van der Waals surface area contributed by atoms with Crippen LogP contribution in [0.5, 0.6) is 0 Å². The Morgan fingerprint density at radius 2 is 1.62 bits per heavy atom. The van der Waals surface area contributed by atoms with Crippen LogP contribution in [0.4, 0.5) is 0 Å². The molecule has 13 heavy (non-hydrogen) atoms. The Morgan fingerprint density at radius 3 is 2.00 bits per heavy atom. The fraction of sp³-hybridized carbons (Fsp3) is 0.333. The zero-order valence-electron chi connectivity index (χ0n) is 8.68. The third-order valence-electron chi connectivity index (χ3n) is 2.21. The van der Waals surface area contributed by atoms with Crippen molar-refractivity contribution < 1.29 is 5.11 Å². The van der Waals surface area contributed by atoms with Crippen molar-refractivity contribution in [3.05, 3.63) is 40.5 Å².